The van der Waals surface area contributed by atoms with E-state index in [9.17, 15) is 13.2 Å². The molecule has 0 radical (unpaired) electrons. The molecule has 1 aliphatic heterocycles. The van der Waals surface area contributed by atoms with Crippen molar-refractivity contribution in [2.75, 3.05) is 25.1 Å². The van der Waals surface area contributed by atoms with Gasteiger partial charge in [0.15, 0.2) is 0 Å². The highest BCUT2D eigenvalue weighted by Gasteiger charge is 2.48. The molecule has 2 rings (SSSR count). The molecule has 2 fully saturated rings. The minimum Gasteiger partial charge on any atom is -0.342 e. The SMILES string of the molecule is CC1(C)CN(C(=O)CC2(CS(C)(=O)=O)CC2)CCC1N.Cl. The molecule has 7 heteroatoms. The number of rotatable bonds is 4. The van der Waals surface area contributed by atoms with Crippen molar-refractivity contribution < 1.29 is 13.2 Å². The van der Waals surface area contributed by atoms with E-state index in [1.807, 2.05) is 4.90 Å². The first-order valence-corrected chi connectivity index (χ1v) is 9.30. The van der Waals surface area contributed by atoms with Crippen molar-refractivity contribution >= 4 is 28.2 Å². The molecule has 0 bridgehead atoms. The van der Waals surface area contributed by atoms with E-state index in [1.165, 1.54) is 6.26 Å². The van der Waals surface area contributed by atoms with Gasteiger partial charge in [0.25, 0.3) is 0 Å². The Morgan fingerprint density at radius 3 is 2.33 bits per heavy atom. The molecule has 2 N–H and O–H groups in total. The lowest BCUT2D eigenvalue weighted by molar-refractivity contribution is -0.135. The Kier molecular flexibility index (Phi) is 5.39. The van der Waals surface area contributed by atoms with Gasteiger partial charge in [-0.1, -0.05) is 13.8 Å². The van der Waals surface area contributed by atoms with Gasteiger partial charge in [-0.3, -0.25) is 4.79 Å². The fourth-order valence-corrected chi connectivity index (χ4v) is 4.63. The zero-order valence-corrected chi connectivity index (χ0v) is 14.7. The van der Waals surface area contributed by atoms with Gasteiger partial charge in [0, 0.05) is 31.8 Å². The number of carbonyl (C=O) groups is 1. The second-order valence-corrected chi connectivity index (χ2v) is 9.59. The molecular formula is C14H27ClN2O3S. The molecule has 5 nitrogen and oxygen atoms in total. The Bertz CT molecular complexity index is 500. The standard InChI is InChI=1S/C14H26N2O3S.ClH/c1-13(2)9-16(7-4-11(13)15)12(17)8-14(5-6-14)10-20(3,18)19;/h11H,4-10,15H2,1-3H3;1H. The molecule has 1 aliphatic carbocycles. The average Bonchev–Trinajstić information content (AvgIpc) is 2.98. The van der Waals surface area contributed by atoms with E-state index in [2.05, 4.69) is 13.8 Å². The van der Waals surface area contributed by atoms with E-state index in [1.54, 1.807) is 0 Å². The molecule has 0 aromatic rings. The summed E-state index contributed by atoms with van der Waals surface area (Å²) in [5, 5.41) is 0. The minimum atomic E-state index is -3.02. The maximum absolute atomic E-state index is 12.4. The number of hydrogen-bond donors (Lipinski definition) is 1. The summed E-state index contributed by atoms with van der Waals surface area (Å²) in [6.07, 6.45) is 4.13. The van der Waals surface area contributed by atoms with Crippen molar-refractivity contribution in [3.63, 3.8) is 0 Å². The molecule has 1 atom stereocenters. The van der Waals surface area contributed by atoms with Crippen molar-refractivity contribution in [3.8, 4) is 0 Å². The Balaban J connectivity index is 0.00000220. The topological polar surface area (TPSA) is 80.5 Å². The van der Waals surface area contributed by atoms with Crippen molar-refractivity contribution in [2.24, 2.45) is 16.6 Å². The summed E-state index contributed by atoms with van der Waals surface area (Å²) in [5.41, 5.74) is 5.73. The van der Waals surface area contributed by atoms with Gasteiger partial charge in [-0.15, -0.1) is 12.4 Å². The van der Waals surface area contributed by atoms with Crippen LogP contribution in [0.15, 0.2) is 0 Å². The van der Waals surface area contributed by atoms with E-state index in [-0.39, 0.29) is 40.9 Å². The Labute approximate surface area is 134 Å². The molecule has 1 saturated carbocycles. The third-order valence-corrected chi connectivity index (χ3v) is 5.85. The number of carbonyl (C=O) groups excluding carboxylic acids is 1. The summed E-state index contributed by atoms with van der Waals surface area (Å²) in [6.45, 7) is 5.53. The fraction of sp³-hybridized carbons (Fsp3) is 0.929. The average molecular weight is 339 g/mol. The van der Waals surface area contributed by atoms with Crippen LogP contribution in [0.25, 0.3) is 0 Å². The molecule has 0 aromatic carbocycles. The Morgan fingerprint density at radius 1 is 1.33 bits per heavy atom. The lowest BCUT2D eigenvalue weighted by atomic mass is 9.79. The van der Waals surface area contributed by atoms with Gasteiger partial charge in [-0.2, -0.15) is 0 Å². The third kappa shape index (κ3) is 4.83. The summed E-state index contributed by atoms with van der Waals surface area (Å²) in [7, 11) is -3.02. The number of amides is 1. The van der Waals surface area contributed by atoms with Gasteiger partial charge >= 0.3 is 0 Å². The van der Waals surface area contributed by atoms with Gasteiger partial charge in [-0.25, -0.2) is 8.42 Å². The van der Waals surface area contributed by atoms with E-state index in [0.29, 0.717) is 19.5 Å². The number of piperidine rings is 1. The number of nitrogens with zero attached hydrogens (tertiary/aromatic N) is 1. The van der Waals surface area contributed by atoms with Crippen molar-refractivity contribution in [2.45, 2.75) is 45.6 Å². The van der Waals surface area contributed by atoms with Gasteiger partial charge < -0.3 is 10.6 Å². The first-order chi connectivity index (χ1) is 9.03. The maximum Gasteiger partial charge on any atom is 0.223 e. The lowest BCUT2D eigenvalue weighted by Gasteiger charge is -2.43. The van der Waals surface area contributed by atoms with Crippen LogP contribution in [0.1, 0.15) is 39.5 Å². The first kappa shape index (κ1) is 18.7. The largest absolute Gasteiger partial charge is 0.342 e. The van der Waals surface area contributed by atoms with Gasteiger partial charge in [0.05, 0.1) is 5.75 Å². The minimum absolute atomic E-state index is 0. The molecule has 0 spiro atoms. The van der Waals surface area contributed by atoms with Crippen LogP contribution in [0, 0.1) is 10.8 Å². The van der Waals surface area contributed by atoms with Gasteiger partial charge in [-0.05, 0) is 30.1 Å². The van der Waals surface area contributed by atoms with Gasteiger partial charge in [0.2, 0.25) is 5.91 Å². The molecule has 21 heavy (non-hydrogen) atoms. The van der Waals surface area contributed by atoms with Crippen molar-refractivity contribution in [3.05, 3.63) is 0 Å². The second kappa shape index (κ2) is 6.05. The quantitative estimate of drug-likeness (QED) is 0.835. The van der Waals surface area contributed by atoms with Crippen LogP contribution >= 0.6 is 12.4 Å². The van der Waals surface area contributed by atoms with Crippen molar-refractivity contribution in [1.82, 2.24) is 4.90 Å². The van der Waals surface area contributed by atoms with Crippen LogP contribution < -0.4 is 5.73 Å². The number of sulfone groups is 1. The summed E-state index contributed by atoms with van der Waals surface area (Å²) >= 11 is 0. The zero-order valence-electron chi connectivity index (χ0n) is 13.1. The van der Waals surface area contributed by atoms with E-state index < -0.39 is 9.84 Å². The lowest BCUT2D eigenvalue weighted by Crippen LogP contribution is -2.54. The van der Waals surface area contributed by atoms with Gasteiger partial charge in [0.1, 0.15) is 9.84 Å². The fourth-order valence-electron chi connectivity index (χ4n) is 3.12. The normalized spacial score (nSPS) is 26.9. The predicted octanol–water partition coefficient (Wildman–Crippen LogP) is 1.21. The van der Waals surface area contributed by atoms with Crippen molar-refractivity contribution in [1.29, 1.82) is 0 Å². The van der Waals surface area contributed by atoms with Crippen LogP contribution in [-0.2, 0) is 14.6 Å². The van der Waals surface area contributed by atoms with E-state index in [4.69, 9.17) is 5.73 Å². The second-order valence-electron chi connectivity index (χ2n) is 7.45. The summed E-state index contributed by atoms with van der Waals surface area (Å²) in [6, 6.07) is 0.123. The highest BCUT2D eigenvalue weighted by Crippen LogP contribution is 2.50. The highest BCUT2D eigenvalue weighted by molar-refractivity contribution is 7.90. The molecule has 1 amide bonds. The molecular weight excluding hydrogens is 312 g/mol. The molecule has 0 aromatic heterocycles. The molecule has 1 saturated heterocycles. The van der Waals surface area contributed by atoms with Crippen LogP contribution in [0.4, 0.5) is 0 Å². The van der Waals surface area contributed by atoms with Crippen LogP contribution in [0.3, 0.4) is 0 Å². The number of halogens is 1. The first-order valence-electron chi connectivity index (χ1n) is 7.24. The van der Waals surface area contributed by atoms with E-state index >= 15 is 0 Å². The molecule has 124 valence electrons. The molecule has 2 aliphatic rings. The van der Waals surface area contributed by atoms with Crippen LogP contribution in [-0.4, -0.2) is 50.4 Å². The molecule has 1 heterocycles. The number of hydrogen-bond acceptors (Lipinski definition) is 4. The third-order valence-electron chi connectivity index (χ3n) is 4.72. The monoisotopic (exact) mass is 338 g/mol. The van der Waals surface area contributed by atoms with Crippen LogP contribution in [0.2, 0.25) is 0 Å². The highest BCUT2D eigenvalue weighted by atomic mass is 35.5. The number of nitrogens with two attached hydrogens (primary N) is 1. The number of likely N-dealkylation sites (tertiary alicyclic amines) is 1. The Hall–Kier alpha value is -0.330. The smallest absolute Gasteiger partial charge is 0.223 e. The summed E-state index contributed by atoms with van der Waals surface area (Å²) in [5.74, 6) is 0.230. The predicted molar refractivity (Wildman–Crippen MR) is 86.2 cm³/mol. The molecule has 1 unspecified atom stereocenters. The summed E-state index contributed by atoms with van der Waals surface area (Å²) in [4.78, 5) is 14.3. The maximum atomic E-state index is 12.4. The summed E-state index contributed by atoms with van der Waals surface area (Å²) < 4.78 is 22.9. The zero-order chi connectivity index (χ0) is 15.2. The Morgan fingerprint density at radius 2 is 1.90 bits per heavy atom. The van der Waals surface area contributed by atoms with E-state index in [0.717, 1.165) is 19.3 Å². The van der Waals surface area contributed by atoms with Crippen LogP contribution in [0.5, 0.6) is 0 Å².